The fourth-order valence-electron chi connectivity index (χ4n) is 2.02. The molecule has 0 aliphatic carbocycles. The molecule has 0 aromatic heterocycles. The lowest BCUT2D eigenvalue weighted by molar-refractivity contribution is 0.424. The van der Waals surface area contributed by atoms with Gasteiger partial charge in [0.2, 0.25) is 0 Å². The number of nitrogens with one attached hydrogen (secondary N) is 1. The van der Waals surface area contributed by atoms with Crippen molar-refractivity contribution in [3.63, 3.8) is 0 Å². The molecule has 0 spiro atoms. The highest BCUT2D eigenvalue weighted by Crippen LogP contribution is 2.21. The Morgan fingerprint density at radius 2 is 1.45 bits per heavy atom. The monoisotopic (exact) mass is 291 g/mol. The molecule has 0 fully saturated rings. The van der Waals surface area contributed by atoms with Crippen LogP contribution in [0.25, 0.3) is 0 Å². The second-order valence-corrected chi connectivity index (χ2v) is 8.45. The predicted molar refractivity (Wildman–Crippen MR) is 93.4 cm³/mol. The van der Waals surface area contributed by atoms with E-state index in [4.69, 9.17) is 12.2 Å². The molecule has 1 aromatic carbocycles. The number of hydrogen-bond donors (Lipinski definition) is 1. The Bertz CT molecular complexity index is 432. The van der Waals surface area contributed by atoms with Crippen LogP contribution in [0.15, 0.2) is 24.3 Å². The first-order valence-electron chi connectivity index (χ1n) is 7.40. The Morgan fingerprint density at radius 1 is 0.950 bits per heavy atom. The van der Waals surface area contributed by atoms with Gasteiger partial charge in [-0.2, -0.15) is 0 Å². The third-order valence-corrected chi connectivity index (χ3v) is 3.26. The van der Waals surface area contributed by atoms with Gasteiger partial charge in [-0.05, 0) is 48.6 Å². The summed E-state index contributed by atoms with van der Waals surface area (Å²) in [7, 11) is 0. The van der Waals surface area contributed by atoms with E-state index in [-0.39, 0.29) is 11.0 Å². The minimum Gasteiger partial charge on any atom is -0.308 e. The lowest BCUT2D eigenvalue weighted by atomic mass is 9.89. The molecule has 2 heteroatoms. The van der Waals surface area contributed by atoms with Gasteiger partial charge in [-0.3, -0.25) is 0 Å². The Labute approximate surface area is 130 Å². The van der Waals surface area contributed by atoms with E-state index in [1.807, 2.05) is 0 Å². The molecule has 0 atom stereocenters. The summed E-state index contributed by atoms with van der Waals surface area (Å²) in [5.74, 6) is 0. The molecule has 0 saturated carbocycles. The number of hydrogen-bond acceptors (Lipinski definition) is 2. The lowest BCUT2D eigenvalue weighted by Gasteiger charge is -2.20. The van der Waals surface area contributed by atoms with Crippen molar-refractivity contribution < 1.29 is 0 Å². The molecular formula is C18H29NS. The smallest absolute Gasteiger partial charge is 0.0210 e. The minimum absolute atomic E-state index is 0.160. The van der Waals surface area contributed by atoms with Gasteiger partial charge in [-0.15, -0.1) is 0 Å². The normalized spacial score (nSPS) is 12.5. The van der Waals surface area contributed by atoms with Crippen molar-refractivity contribution in [1.82, 2.24) is 5.32 Å². The summed E-state index contributed by atoms with van der Waals surface area (Å²) in [5, 5.41) is 3.50. The van der Waals surface area contributed by atoms with Crippen molar-refractivity contribution in [2.75, 3.05) is 0 Å². The molecule has 20 heavy (non-hydrogen) atoms. The Hall–Kier alpha value is -0.730. The fourth-order valence-corrected chi connectivity index (χ4v) is 2.62. The molecule has 0 aliphatic rings. The number of benzene rings is 1. The lowest BCUT2D eigenvalue weighted by Crippen LogP contribution is -2.35. The Kier molecular flexibility index (Phi) is 5.91. The van der Waals surface area contributed by atoms with E-state index in [0.29, 0.717) is 0 Å². The molecule has 1 nitrogen and oxygen atoms in total. The summed E-state index contributed by atoms with van der Waals surface area (Å²) in [4.78, 5) is 1.15. The number of thiocarbonyl (C=S) groups is 1. The van der Waals surface area contributed by atoms with E-state index in [2.05, 4.69) is 71.1 Å². The first-order valence-corrected chi connectivity index (χ1v) is 7.81. The van der Waals surface area contributed by atoms with Gasteiger partial charge in [-0.25, -0.2) is 0 Å². The Morgan fingerprint density at radius 3 is 1.90 bits per heavy atom. The van der Waals surface area contributed by atoms with Gasteiger partial charge in [0.25, 0.3) is 0 Å². The summed E-state index contributed by atoms with van der Waals surface area (Å²) in [6.07, 6.45) is 1.93. The van der Waals surface area contributed by atoms with Crippen molar-refractivity contribution in [2.45, 2.75) is 66.5 Å². The Balaban J connectivity index is 2.52. The van der Waals surface area contributed by atoms with Gasteiger partial charge in [0.1, 0.15) is 0 Å². The molecule has 1 aromatic rings. The second kappa shape index (κ2) is 6.82. The first-order chi connectivity index (χ1) is 9.05. The van der Waals surface area contributed by atoms with Gasteiger partial charge < -0.3 is 5.32 Å². The van der Waals surface area contributed by atoms with Crippen molar-refractivity contribution in [2.24, 2.45) is 5.41 Å². The van der Waals surface area contributed by atoms with E-state index in [9.17, 15) is 0 Å². The summed E-state index contributed by atoms with van der Waals surface area (Å²) in [5.41, 5.74) is 3.09. The molecule has 0 aliphatic heterocycles. The first kappa shape index (κ1) is 17.3. The quantitative estimate of drug-likeness (QED) is 0.773. The molecule has 0 heterocycles. The molecule has 0 radical (unpaired) electrons. The highest BCUT2D eigenvalue weighted by molar-refractivity contribution is 7.80. The average molecular weight is 292 g/mol. The summed E-state index contributed by atoms with van der Waals surface area (Å²) in [6, 6.07) is 8.81. The highest BCUT2D eigenvalue weighted by atomic mass is 32.1. The van der Waals surface area contributed by atoms with E-state index < -0.39 is 0 Å². The van der Waals surface area contributed by atoms with Crippen LogP contribution in [-0.2, 0) is 13.0 Å². The maximum absolute atomic E-state index is 5.50. The van der Waals surface area contributed by atoms with Crippen LogP contribution in [0.4, 0.5) is 0 Å². The van der Waals surface area contributed by atoms with Crippen LogP contribution in [0.2, 0.25) is 0 Å². The van der Waals surface area contributed by atoms with Crippen LogP contribution < -0.4 is 5.32 Å². The van der Waals surface area contributed by atoms with E-state index in [0.717, 1.165) is 24.3 Å². The van der Waals surface area contributed by atoms with Crippen LogP contribution in [0.3, 0.4) is 0 Å². The fraction of sp³-hybridized carbons (Fsp3) is 0.611. The van der Waals surface area contributed by atoms with Crippen LogP contribution in [0.1, 0.15) is 59.1 Å². The molecule has 0 amide bonds. The van der Waals surface area contributed by atoms with Crippen molar-refractivity contribution in [3.8, 4) is 0 Å². The zero-order valence-electron chi connectivity index (χ0n) is 13.8. The van der Waals surface area contributed by atoms with Gasteiger partial charge >= 0.3 is 0 Å². The molecule has 0 saturated heterocycles. The van der Waals surface area contributed by atoms with E-state index >= 15 is 0 Å². The van der Waals surface area contributed by atoms with E-state index in [1.165, 1.54) is 11.1 Å². The largest absolute Gasteiger partial charge is 0.308 e. The molecule has 112 valence electrons. The third kappa shape index (κ3) is 7.76. The number of rotatable bonds is 5. The van der Waals surface area contributed by atoms with Crippen molar-refractivity contribution >= 4 is 17.1 Å². The summed E-state index contributed by atoms with van der Waals surface area (Å²) in [6.45, 7) is 14.2. The van der Waals surface area contributed by atoms with Gasteiger partial charge in [0.15, 0.2) is 0 Å². The second-order valence-electron chi connectivity index (χ2n) is 7.87. The predicted octanol–water partition coefficient (Wildman–Crippen LogP) is 4.92. The topological polar surface area (TPSA) is 12.0 Å². The zero-order chi connectivity index (χ0) is 15.4. The van der Waals surface area contributed by atoms with Gasteiger partial charge in [0, 0.05) is 18.5 Å². The van der Waals surface area contributed by atoms with Crippen LogP contribution in [-0.4, -0.2) is 10.4 Å². The van der Waals surface area contributed by atoms with Crippen LogP contribution in [0.5, 0.6) is 0 Å². The minimum atomic E-state index is 0.160. The van der Waals surface area contributed by atoms with Crippen LogP contribution >= 0.6 is 12.2 Å². The zero-order valence-corrected chi connectivity index (χ0v) is 14.7. The van der Waals surface area contributed by atoms with Crippen LogP contribution in [0, 0.1) is 5.41 Å². The highest BCUT2D eigenvalue weighted by Gasteiger charge is 2.13. The van der Waals surface area contributed by atoms with Gasteiger partial charge in [-0.1, -0.05) is 57.3 Å². The molecule has 1 rings (SSSR count). The molecular weight excluding hydrogens is 262 g/mol. The maximum atomic E-state index is 5.50. The maximum Gasteiger partial charge on any atom is 0.0210 e. The third-order valence-electron chi connectivity index (χ3n) is 2.97. The average Bonchev–Trinajstić information content (AvgIpc) is 2.24. The van der Waals surface area contributed by atoms with Crippen molar-refractivity contribution in [1.29, 1.82) is 0 Å². The molecule has 0 unspecified atom stereocenters. The SMILES string of the molecule is CC(C)(C)CC(=S)Cc1ccc(CNC(C)(C)C)cc1. The van der Waals surface area contributed by atoms with Crippen molar-refractivity contribution in [3.05, 3.63) is 35.4 Å². The summed E-state index contributed by atoms with van der Waals surface area (Å²) >= 11 is 5.50. The molecule has 0 bridgehead atoms. The molecule has 1 N–H and O–H groups in total. The van der Waals surface area contributed by atoms with E-state index in [1.54, 1.807) is 0 Å². The summed E-state index contributed by atoms with van der Waals surface area (Å²) < 4.78 is 0. The van der Waals surface area contributed by atoms with Gasteiger partial charge in [0.05, 0.1) is 0 Å². The standard InChI is InChI=1S/C18H29NS/c1-17(2,3)12-16(20)11-14-7-9-15(10-8-14)13-19-18(4,5)6/h7-10,19H,11-13H2,1-6H3.